The maximum atomic E-state index is 10.7. The molecule has 0 radical (unpaired) electrons. The largest absolute Gasteiger partial charge is 0.304 e. The lowest BCUT2D eigenvalue weighted by Crippen LogP contribution is -2.15. The molecule has 0 aliphatic carbocycles. The molecule has 0 saturated heterocycles. The molecule has 0 bridgehead atoms. The van der Waals surface area contributed by atoms with Crippen LogP contribution in [0.25, 0.3) is 0 Å². The molecule has 1 aromatic carbocycles. The van der Waals surface area contributed by atoms with Gasteiger partial charge in [0.05, 0.1) is 17.0 Å². The summed E-state index contributed by atoms with van der Waals surface area (Å²) in [5.41, 5.74) is 3.57. The van der Waals surface area contributed by atoms with Crippen molar-refractivity contribution in [3.8, 4) is 0 Å². The van der Waals surface area contributed by atoms with Crippen LogP contribution in [-0.4, -0.2) is 19.8 Å². The molecule has 2 rings (SSSR count). The molecule has 1 N–H and O–H groups in total. The molecule has 7 heteroatoms. The van der Waals surface area contributed by atoms with Gasteiger partial charge < -0.3 is 5.43 Å². The molecular weight excluding hydrogens is 210 g/mol. The predicted molar refractivity (Wildman–Crippen MR) is 56.2 cm³/mol. The van der Waals surface area contributed by atoms with Gasteiger partial charge in [0.2, 0.25) is 0 Å². The Labute approximate surface area is 90.9 Å². The van der Waals surface area contributed by atoms with Crippen molar-refractivity contribution < 1.29 is 4.92 Å². The molecule has 0 aliphatic rings. The third-order valence-electron chi connectivity index (χ3n) is 2.04. The highest BCUT2D eigenvalue weighted by atomic mass is 16.6. The molecule has 1 aromatic heterocycles. The van der Waals surface area contributed by atoms with E-state index in [0.717, 1.165) is 0 Å². The topological polar surface area (TPSA) is 85.9 Å². The Morgan fingerprint density at radius 2 is 2.25 bits per heavy atom. The molecular formula is C9H9N5O2. The molecule has 0 saturated carbocycles. The third kappa shape index (κ3) is 2.14. The minimum absolute atomic E-state index is 0.0927. The maximum Gasteiger partial charge on any atom is 0.274 e. The average Bonchev–Trinajstić information content (AvgIpc) is 2.79. The van der Waals surface area contributed by atoms with Gasteiger partial charge in [0.25, 0.3) is 5.69 Å². The van der Waals surface area contributed by atoms with Crippen molar-refractivity contribution in [2.24, 2.45) is 0 Å². The first-order valence-corrected chi connectivity index (χ1v) is 4.58. The fourth-order valence-electron chi connectivity index (χ4n) is 1.29. The summed E-state index contributed by atoms with van der Waals surface area (Å²) in [6, 6.07) is 6.56. The first kappa shape index (κ1) is 10.1. The Balaban J connectivity index is 2.12. The summed E-state index contributed by atoms with van der Waals surface area (Å²) < 4.78 is 0. The fraction of sp³-hybridized carbons (Fsp3) is 0.111. The molecule has 0 unspecified atom stereocenters. The molecule has 16 heavy (non-hydrogen) atoms. The van der Waals surface area contributed by atoms with Gasteiger partial charge in [-0.3, -0.25) is 10.1 Å². The zero-order valence-corrected chi connectivity index (χ0v) is 8.28. The number of rotatable bonds is 4. The van der Waals surface area contributed by atoms with E-state index in [1.54, 1.807) is 18.2 Å². The van der Waals surface area contributed by atoms with Crippen molar-refractivity contribution in [3.63, 3.8) is 0 Å². The van der Waals surface area contributed by atoms with Crippen LogP contribution in [0.3, 0.4) is 0 Å². The van der Waals surface area contributed by atoms with Gasteiger partial charge in [0, 0.05) is 6.07 Å². The Morgan fingerprint density at radius 1 is 1.44 bits per heavy atom. The molecule has 0 fully saturated rings. The van der Waals surface area contributed by atoms with Crippen LogP contribution in [0.2, 0.25) is 0 Å². The molecule has 0 atom stereocenters. The number of benzene rings is 1. The summed E-state index contributed by atoms with van der Waals surface area (Å²) in [7, 11) is 0. The minimum atomic E-state index is -0.404. The Bertz CT molecular complexity index is 482. The molecule has 2 aromatic rings. The summed E-state index contributed by atoms with van der Waals surface area (Å²) in [4.78, 5) is 15.5. The van der Waals surface area contributed by atoms with Crippen LogP contribution in [0, 0.1) is 10.1 Å². The van der Waals surface area contributed by atoms with Gasteiger partial charge in [-0.2, -0.15) is 4.79 Å². The van der Waals surface area contributed by atoms with Crippen molar-refractivity contribution in [3.05, 3.63) is 52.6 Å². The van der Waals surface area contributed by atoms with E-state index in [2.05, 4.69) is 15.5 Å². The molecule has 0 aliphatic heterocycles. The summed E-state index contributed by atoms with van der Waals surface area (Å²) in [5, 5.41) is 14.6. The molecule has 0 amide bonds. The SMILES string of the molecule is O=[N+]([O-])c1ccccc1CNn1cncn1. The highest BCUT2D eigenvalue weighted by Gasteiger charge is 2.11. The number of nitrogens with zero attached hydrogens (tertiary/aromatic N) is 4. The first-order valence-electron chi connectivity index (χ1n) is 4.58. The van der Waals surface area contributed by atoms with Crippen LogP contribution in [0.5, 0.6) is 0 Å². The van der Waals surface area contributed by atoms with Gasteiger partial charge in [0.1, 0.15) is 12.7 Å². The van der Waals surface area contributed by atoms with Gasteiger partial charge in [-0.05, 0) is 0 Å². The highest BCUT2D eigenvalue weighted by molar-refractivity contribution is 5.40. The predicted octanol–water partition coefficient (Wildman–Crippen LogP) is 0.930. The third-order valence-corrected chi connectivity index (χ3v) is 2.04. The lowest BCUT2D eigenvalue weighted by atomic mass is 10.2. The van der Waals surface area contributed by atoms with Crippen molar-refractivity contribution in [1.29, 1.82) is 0 Å². The van der Waals surface area contributed by atoms with E-state index in [1.807, 2.05) is 0 Å². The van der Waals surface area contributed by atoms with Crippen molar-refractivity contribution >= 4 is 5.69 Å². The molecule has 0 spiro atoms. The second-order valence-electron chi connectivity index (χ2n) is 3.06. The average molecular weight is 219 g/mol. The number of nitro benzene ring substituents is 1. The molecule has 82 valence electrons. The smallest absolute Gasteiger partial charge is 0.274 e. The van der Waals surface area contributed by atoms with Crippen molar-refractivity contribution in [2.45, 2.75) is 6.54 Å². The van der Waals surface area contributed by atoms with Crippen molar-refractivity contribution in [1.82, 2.24) is 14.9 Å². The van der Waals surface area contributed by atoms with E-state index in [4.69, 9.17) is 0 Å². The van der Waals surface area contributed by atoms with E-state index in [1.165, 1.54) is 23.5 Å². The molecule has 7 nitrogen and oxygen atoms in total. The summed E-state index contributed by atoms with van der Waals surface area (Å²) >= 11 is 0. The summed E-state index contributed by atoms with van der Waals surface area (Å²) in [5.74, 6) is 0. The number of nitro groups is 1. The van der Waals surface area contributed by atoms with E-state index >= 15 is 0 Å². The van der Waals surface area contributed by atoms with E-state index in [-0.39, 0.29) is 5.69 Å². The highest BCUT2D eigenvalue weighted by Crippen LogP contribution is 2.17. The zero-order chi connectivity index (χ0) is 11.4. The van der Waals surface area contributed by atoms with Crippen LogP contribution in [0.15, 0.2) is 36.9 Å². The van der Waals surface area contributed by atoms with E-state index < -0.39 is 4.92 Å². The lowest BCUT2D eigenvalue weighted by Gasteiger charge is -2.05. The number of para-hydroxylation sites is 1. The monoisotopic (exact) mass is 219 g/mol. The Morgan fingerprint density at radius 3 is 2.94 bits per heavy atom. The second kappa shape index (κ2) is 4.39. The Kier molecular flexibility index (Phi) is 2.77. The number of hydrogen-bond acceptors (Lipinski definition) is 5. The number of nitrogens with one attached hydrogen (secondary N) is 1. The van der Waals surface area contributed by atoms with E-state index in [0.29, 0.717) is 12.1 Å². The first-order chi connectivity index (χ1) is 7.77. The quantitative estimate of drug-likeness (QED) is 0.610. The number of aromatic nitrogens is 3. The lowest BCUT2D eigenvalue weighted by molar-refractivity contribution is -0.385. The normalized spacial score (nSPS) is 10.0. The van der Waals surface area contributed by atoms with Gasteiger partial charge >= 0.3 is 0 Å². The van der Waals surface area contributed by atoms with Crippen LogP contribution in [0.1, 0.15) is 5.56 Å². The van der Waals surface area contributed by atoms with Crippen LogP contribution in [-0.2, 0) is 6.54 Å². The maximum absolute atomic E-state index is 10.7. The van der Waals surface area contributed by atoms with Gasteiger partial charge in [0.15, 0.2) is 0 Å². The Hall–Kier alpha value is -2.44. The van der Waals surface area contributed by atoms with Crippen molar-refractivity contribution in [2.75, 3.05) is 5.43 Å². The standard InChI is InChI=1S/C9H9N5O2/c15-14(16)9-4-2-1-3-8(9)5-11-13-7-10-6-12-13/h1-4,6-7,11H,5H2. The minimum Gasteiger partial charge on any atom is -0.304 e. The fourth-order valence-corrected chi connectivity index (χ4v) is 1.29. The van der Waals surface area contributed by atoms with Gasteiger partial charge in [-0.15, -0.1) is 5.10 Å². The number of hydrogen-bond donors (Lipinski definition) is 1. The summed E-state index contributed by atoms with van der Waals surface area (Å²) in [6.45, 7) is 0.320. The van der Waals surface area contributed by atoms with Gasteiger partial charge in [-0.1, -0.05) is 18.2 Å². The summed E-state index contributed by atoms with van der Waals surface area (Å²) in [6.07, 6.45) is 2.86. The van der Waals surface area contributed by atoms with Crippen LogP contribution < -0.4 is 5.43 Å². The molecule has 1 heterocycles. The van der Waals surface area contributed by atoms with E-state index in [9.17, 15) is 10.1 Å². The second-order valence-corrected chi connectivity index (χ2v) is 3.06. The van der Waals surface area contributed by atoms with Crippen LogP contribution in [0.4, 0.5) is 5.69 Å². The van der Waals surface area contributed by atoms with Gasteiger partial charge in [-0.25, -0.2) is 4.98 Å². The van der Waals surface area contributed by atoms with Crippen LogP contribution >= 0.6 is 0 Å². The zero-order valence-electron chi connectivity index (χ0n) is 8.28.